The van der Waals surface area contributed by atoms with Crippen LogP contribution >= 0.6 is 7.94 Å². The molecule has 0 bridgehead atoms. The summed E-state index contributed by atoms with van der Waals surface area (Å²) in [5.41, 5.74) is 0. The van der Waals surface area contributed by atoms with Crippen LogP contribution in [0.2, 0.25) is 0 Å². The molecule has 2 nitrogen and oxygen atoms in total. The van der Waals surface area contributed by atoms with E-state index in [1.54, 1.807) is 0 Å². The van der Waals surface area contributed by atoms with Crippen molar-refractivity contribution in [1.29, 1.82) is 0 Å². The first-order valence-electron chi connectivity index (χ1n) is 2.02. The predicted molar refractivity (Wildman–Crippen MR) is 23.7 cm³/mol. The molecule has 0 saturated heterocycles. The van der Waals surface area contributed by atoms with Gasteiger partial charge in [-0.3, -0.25) is 0 Å². The molecule has 0 amide bonds. The Morgan fingerprint density at radius 2 is 2.50 bits per heavy atom. The fraction of sp³-hybridized carbons (Fsp3) is 1.00. The summed E-state index contributed by atoms with van der Waals surface area (Å²) in [5, 5.41) is 0. The summed E-state index contributed by atoms with van der Waals surface area (Å²) < 4.78 is 3.75. The second-order valence-electron chi connectivity index (χ2n) is 1.29. The minimum absolute atomic E-state index is 0.829. The number of hydrogen-bond acceptors (Lipinski definition) is 2. The van der Waals surface area contributed by atoms with E-state index in [0.717, 1.165) is 19.1 Å². The molecule has 34 valence electrons. The Labute approximate surface area is 37.7 Å². The molecule has 0 aromatic heterocycles. The average Bonchev–Trinajstić information content (AvgIpc) is 1.86. The summed E-state index contributed by atoms with van der Waals surface area (Å²) >= 11 is 0. The molecule has 1 atom stereocenters. The van der Waals surface area contributed by atoms with Crippen molar-refractivity contribution in [1.82, 2.24) is 0 Å². The van der Waals surface area contributed by atoms with Crippen LogP contribution in [0.25, 0.3) is 0 Å². The van der Waals surface area contributed by atoms with Gasteiger partial charge >= 0.3 is 0 Å². The van der Waals surface area contributed by atoms with Gasteiger partial charge in [-0.25, -0.2) is 0 Å². The van der Waals surface area contributed by atoms with Crippen LogP contribution in [0.3, 0.4) is 0 Å². The van der Waals surface area contributed by atoms with Crippen LogP contribution in [0.15, 0.2) is 4.74 Å². The van der Waals surface area contributed by atoms with Gasteiger partial charge in [-0.1, -0.05) is 0 Å². The highest BCUT2D eigenvalue weighted by Gasteiger charge is 2.04. The van der Waals surface area contributed by atoms with Crippen LogP contribution < -0.4 is 4.89 Å². The fourth-order valence-electron chi connectivity index (χ4n) is 0.459. The zero-order valence-electron chi connectivity index (χ0n) is 3.42. The fourth-order valence-corrected chi connectivity index (χ4v) is 1.38. The van der Waals surface area contributed by atoms with E-state index in [1.165, 1.54) is 0 Å². The Balaban J connectivity index is 2.45. The van der Waals surface area contributed by atoms with Gasteiger partial charge < -0.3 is 4.89 Å². The average molecular weight is 103 g/mol. The topological polar surface area (TPSA) is 35.4 Å². The van der Waals surface area contributed by atoms with Crippen molar-refractivity contribution in [2.75, 3.05) is 12.7 Å². The Morgan fingerprint density at radius 1 is 1.67 bits per heavy atom. The normalized spacial score (nSPS) is 27.2. The van der Waals surface area contributed by atoms with Crippen LogP contribution in [0.5, 0.6) is 0 Å². The molecule has 1 rings (SSSR count). The lowest BCUT2D eigenvalue weighted by molar-refractivity contribution is -0.154. The van der Waals surface area contributed by atoms with Crippen molar-refractivity contribution in [2.24, 2.45) is 4.74 Å². The molecule has 0 N–H and O–H groups in total. The molecule has 0 aliphatic carbocycles. The molecule has 0 radical (unpaired) electrons. The highest BCUT2D eigenvalue weighted by atomic mass is 31.1. The maximum absolute atomic E-state index is 10.2. The van der Waals surface area contributed by atoms with Gasteiger partial charge in [0.25, 0.3) is 0 Å². The highest BCUT2D eigenvalue weighted by Crippen LogP contribution is 2.21. The highest BCUT2D eigenvalue weighted by molar-refractivity contribution is 7.39. The molecule has 0 spiro atoms. The van der Waals surface area contributed by atoms with Crippen molar-refractivity contribution in [3.05, 3.63) is 0 Å². The Bertz CT molecular complexity index is 80.9. The smallest absolute Gasteiger partial charge is 0.163 e. The summed E-state index contributed by atoms with van der Waals surface area (Å²) in [6.07, 6.45) is 1.87. The first-order valence-corrected chi connectivity index (χ1v) is 3.41. The molecule has 0 aromatic carbocycles. The molecular formula is C3H6NOP. The largest absolute Gasteiger partial charge is 0.612 e. The zero-order chi connectivity index (χ0) is 4.41. The minimum Gasteiger partial charge on any atom is -0.612 e. The van der Waals surface area contributed by atoms with Gasteiger partial charge in [-0.2, -0.15) is 0 Å². The van der Waals surface area contributed by atoms with E-state index in [2.05, 4.69) is 4.74 Å². The van der Waals surface area contributed by atoms with Gasteiger partial charge in [-0.15, -0.1) is 4.74 Å². The molecule has 3 heteroatoms. The minimum atomic E-state index is -1.09. The van der Waals surface area contributed by atoms with Crippen molar-refractivity contribution >= 4 is 7.94 Å². The van der Waals surface area contributed by atoms with Crippen molar-refractivity contribution in [3.8, 4) is 0 Å². The number of rotatable bonds is 0. The van der Waals surface area contributed by atoms with Crippen LogP contribution in [-0.2, 0) is 0 Å². The second kappa shape index (κ2) is 1.67. The third-order valence-corrected chi connectivity index (χ3v) is 1.98. The van der Waals surface area contributed by atoms with Gasteiger partial charge in [0, 0.05) is 6.42 Å². The van der Waals surface area contributed by atoms with Gasteiger partial charge in [0.05, 0.1) is 6.54 Å². The maximum atomic E-state index is 10.2. The Morgan fingerprint density at radius 3 is 2.67 bits per heavy atom. The van der Waals surface area contributed by atoms with Crippen LogP contribution in [0, 0.1) is 0 Å². The molecule has 1 aliphatic heterocycles. The summed E-state index contributed by atoms with van der Waals surface area (Å²) in [6.45, 7) is 0.829. The predicted octanol–water partition coefficient (Wildman–Crippen LogP) is 0.331. The quantitative estimate of drug-likeness (QED) is 0.407. The lowest BCUT2D eigenvalue weighted by Crippen LogP contribution is -1.84. The molecule has 1 unspecified atom stereocenters. The number of hydrogen-bond donors (Lipinski definition) is 0. The molecule has 0 fully saturated rings. The molecule has 1 aliphatic rings. The third-order valence-electron chi connectivity index (χ3n) is 0.765. The van der Waals surface area contributed by atoms with Gasteiger partial charge in [-0.05, 0) is 0 Å². The van der Waals surface area contributed by atoms with E-state index in [1.807, 2.05) is 0 Å². The van der Waals surface area contributed by atoms with Gasteiger partial charge in [0.15, 0.2) is 7.94 Å². The lowest BCUT2D eigenvalue weighted by Gasteiger charge is -1.76. The van der Waals surface area contributed by atoms with Crippen LogP contribution in [-0.4, -0.2) is 12.7 Å². The summed E-state index contributed by atoms with van der Waals surface area (Å²) in [7, 11) is -1.09. The summed E-state index contributed by atoms with van der Waals surface area (Å²) in [5.74, 6) is 0. The van der Waals surface area contributed by atoms with Gasteiger partial charge in [0.2, 0.25) is 0 Å². The van der Waals surface area contributed by atoms with Crippen LogP contribution in [0.1, 0.15) is 6.42 Å². The number of nitrogens with zero attached hydrogens (tertiary/aromatic N) is 1. The standard InChI is InChI=1S/C3H6NOP/c5-6-3-1-2-4-6/h1-3H2. The van der Waals surface area contributed by atoms with Gasteiger partial charge in [0.1, 0.15) is 6.16 Å². The van der Waals surface area contributed by atoms with E-state index in [0.29, 0.717) is 0 Å². The summed E-state index contributed by atoms with van der Waals surface area (Å²) in [6, 6.07) is 0. The van der Waals surface area contributed by atoms with E-state index in [-0.39, 0.29) is 0 Å². The molecule has 6 heavy (non-hydrogen) atoms. The zero-order valence-corrected chi connectivity index (χ0v) is 4.32. The monoisotopic (exact) mass is 103 g/mol. The van der Waals surface area contributed by atoms with Crippen molar-refractivity contribution < 1.29 is 4.89 Å². The SMILES string of the molecule is [O-][P+]1=NCCC1. The molecule has 1 heterocycles. The van der Waals surface area contributed by atoms with E-state index < -0.39 is 7.94 Å². The van der Waals surface area contributed by atoms with Crippen LogP contribution in [0.4, 0.5) is 0 Å². The maximum Gasteiger partial charge on any atom is 0.163 e. The van der Waals surface area contributed by atoms with Crippen molar-refractivity contribution in [2.45, 2.75) is 6.42 Å². The molecule has 0 saturated carbocycles. The first kappa shape index (κ1) is 4.23. The Hall–Kier alpha value is 0.0600. The third kappa shape index (κ3) is 0.763. The van der Waals surface area contributed by atoms with E-state index in [9.17, 15) is 4.89 Å². The van der Waals surface area contributed by atoms with Crippen molar-refractivity contribution in [3.63, 3.8) is 0 Å². The lowest BCUT2D eigenvalue weighted by atomic mass is 10.5. The van der Waals surface area contributed by atoms with E-state index in [4.69, 9.17) is 0 Å². The second-order valence-corrected chi connectivity index (χ2v) is 2.73. The molecule has 0 aromatic rings. The molecular weight excluding hydrogens is 97.0 g/mol. The summed E-state index contributed by atoms with van der Waals surface area (Å²) in [4.78, 5) is 10.2. The first-order chi connectivity index (χ1) is 2.89. The Kier molecular flexibility index (Phi) is 1.18. The van der Waals surface area contributed by atoms with E-state index >= 15 is 0 Å².